The molecule has 0 aromatic rings. The van der Waals surface area contributed by atoms with Crippen LogP contribution in [-0.4, -0.2) is 66.3 Å². The molecule has 3 N–H and O–H groups in total. The number of ether oxygens (including phenoxy) is 2. The first-order chi connectivity index (χ1) is 22.8. The number of aliphatic hydroxyl groups excluding tert-OH is 2. The van der Waals surface area contributed by atoms with E-state index in [1.807, 2.05) is 0 Å². The molecule has 0 saturated heterocycles. The molecule has 10 heteroatoms. The molecule has 0 fully saturated rings. The van der Waals surface area contributed by atoms with Crippen LogP contribution < -0.4 is 0 Å². The second-order valence-corrected chi connectivity index (χ2v) is 14.8. The Morgan fingerprint density at radius 3 is 1.38 bits per heavy atom. The number of aliphatic hydroxyl groups is 2. The zero-order chi connectivity index (χ0) is 34.7. The van der Waals surface area contributed by atoms with Crippen LogP contribution in [0.3, 0.4) is 0 Å². The monoisotopic (exact) mass is 695 g/mol. The average Bonchev–Trinajstić information content (AvgIpc) is 3.06. The van der Waals surface area contributed by atoms with Crippen molar-refractivity contribution in [3.8, 4) is 0 Å². The summed E-state index contributed by atoms with van der Waals surface area (Å²) in [7, 11) is -4.50. The van der Waals surface area contributed by atoms with Gasteiger partial charge in [0.1, 0.15) is 12.2 Å². The standard InChI is InChI=1S/C37H75O9P/c1-3-5-7-9-11-13-14-15-16-17-18-19-20-21-22-24-26-28-30-43-33-36(34-45-47(41,42)44-32-35(39)31-38)46-37(40)29-27-25-23-12-10-8-6-4-2/h35-36,38-39H,3-34H2,1-2H3,(H,41,42)/t35-,36+/m0/s1. The molecule has 0 spiro atoms. The van der Waals surface area contributed by atoms with Gasteiger partial charge in [-0.25, -0.2) is 4.57 Å². The number of hydrogen-bond donors (Lipinski definition) is 3. The fourth-order valence-electron chi connectivity index (χ4n) is 5.53. The summed E-state index contributed by atoms with van der Waals surface area (Å²) < 4.78 is 33.2. The van der Waals surface area contributed by atoms with Crippen molar-refractivity contribution in [1.29, 1.82) is 0 Å². The van der Waals surface area contributed by atoms with E-state index in [2.05, 4.69) is 13.8 Å². The maximum Gasteiger partial charge on any atom is 0.472 e. The number of esters is 1. The highest BCUT2D eigenvalue weighted by Crippen LogP contribution is 2.43. The van der Waals surface area contributed by atoms with Gasteiger partial charge in [-0.15, -0.1) is 0 Å². The van der Waals surface area contributed by atoms with Crippen molar-refractivity contribution in [2.24, 2.45) is 0 Å². The molecule has 0 aliphatic carbocycles. The topological polar surface area (TPSA) is 132 Å². The Kier molecular flexibility index (Phi) is 34.9. The van der Waals surface area contributed by atoms with Crippen LogP contribution in [0.25, 0.3) is 0 Å². The quantitative estimate of drug-likeness (QED) is 0.0328. The van der Waals surface area contributed by atoms with E-state index in [4.69, 9.17) is 23.6 Å². The average molecular weight is 695 g/mol. The summed E-state index contributed by atoms with van der Waals surface area (Å²) >= 11 is 0. The second kappa shape index (κ2) is 35.3. The molecule has 0 bridgehead atoms. The van der Waals surface area contributed by atoms with Gasteiger partial charge in [0, 0.05) is 13.0 Å². The molecule has 0 saturated carbocycles. The van der Waals surface area contributed by atoms with E-state index in [0.29, 0.717) is 6.61 Å². The van der Waals surface area contributed by atoms with Gasteiger partial charge in [-0.05, 0) is 12.8 Å². The number of phosphoric ester groups is 1. The number of unbranched alkanes of at least 4 members (excludes halogenated alkanes) is 24. The van der Waals surface area contributed by atoms with Crippen molar-refractivity contribution < 1.29 is 43.0 Å². The molecule has 0 aromatic heterocycles. The van der Waals surface area contributed by atoms with E-state index in [1.54, 1.807) is 0 Å². The summed E-state index contributed by atoms with van der Waals surface area (Å²) in [6, 6.07) is 0. The fraction of sp³-hybridized carbons (Fsp3) is 0.973. The minimum absolute atomic E-state index is 0.0569. The lowest BCUT2D eigenvalue weighted by Gasteiger charge is -2.20. The molecule has 0 heterocycles. The van der Waals surface area contributed by atoms with Gasteiger partial charge in [-0.2, -0.15) is 0 Å². The zero-order valence-corrected chi connectivity index (χ0v) is 31.4. The number of rotatable bonds is 38. The van der Waals surface area contributed by atoms with Gasteiger partial charge in [-0.3, -0.25) is 13.8 Å². The third kappa shape index (κ3) is 35.1. The van der Waals surface area contributed by atoms with Crippen molar-refractivity contribution in [3.05, 3.63) is 0 Å². The molecule has 0 aliphatic heterocycles. The lowest BCUT2D eigenvalue weighted by molar-refractivity contribution is -0.154. The van der Waals surface area contributed by atoms with Gasteiger partial charge in [0.2, 0.25) is 0 Å². The summed E-state index contributed by atoms with van der Waals surface area (Å²) in [6.45, 7) is 3.52. The summed E-state index contributed by atoms with van der Waals surface area (Å²) in [5, 5.41) is 18.2. The Balaban J connectivity index is 4.06. The van der Waals surface area contributed by atoms with Crippen molar-refractivity contribution in [3.63, 3.8) is 0 Å². The minimum atomic E-state index is -4.50. The largest absolute Gasteiger partial charge is 0.472 e. The Labute approximate surface area is 288 Å². The molecule has 0 aliphatic rings. The molecule has 1 unspecified atom stereocenters. The van der Waals surface area contributed by atoms with Crippen LogP contribution in [0.2, 0.25) is 0 Å². The Morgan fingerprint density at radius 1 is 0.574 bits per heavy atom. The molecule has 0 aromatic carbocycles. The van der Waals surface area contributed by atoms with E-state index in [0.717, 1.165) is 32.1 Å². The predicted molar refractivity (Wildman–Crippen MR) is 192 cm³/mol. The number of hydrogen-bond acceptors (Lipinski definition) is 8. The number of carbonyl (C=O) groups excluding carboxylic acids is 1. The van der Waals surface area contributed by atoms with Crippen molar-refractivity contribution in [2.45, 2.75) is 199 Å². The summed E-state index contributed by atoms with van der Waals surface area (Å²) in [4.78, 5) is 22.4. The molecular formula is C37H75O9P. The molecule has 9 nitrogen and oxygen atoms in total. The number of carbonyl (C=O) groups is 1. The van der Waals surface area contributed by atoms with Gasteiger partial charge in [0.05, 0.1) is 26.4 Å². The van der Waals surface area contributed by atoms with Crippen LogP contribution >= 0.6 is 7.82 Å². The summed E-state index contributed by atoms with van der Waals surface area (Å²) in [6.07, 6.45) is 30.7. The van der Waals surface area contributed by atoms with E-state index in [9.17, 15) is 19.4 Å². The van der Waals surface area contributed by atoms with E-state index < -0.39 is 33.2 Å². The van der Waals surface area contributed by atoms with E-state index in [1.165, 1.54) is 135 Å². The molecule has 47 heavy (non-hydrogen) atoms. The first-order valence-electron chi connectivity index (χ1n) is 19.5. The molecule has 0 amide bonds. The lowest BCUT2D eigenvalue weighted by atomic mass is 10.0. The van der Waals surface area contributed by atoms with Gasteiger partial charge < -0.3 is 24.6 Å². The van der Waals surface area contributed by atoms with E-state index >= 15 is 0 Å². The minimum Gasteiger partial charge on any atom is -0.457 e. The van der Waals surface area contributed by atoms with Gasteiger partial charge >= 0.3 is 13.8 Å². The van der Waals surface area contributed by atoms with Gasteiger partial charge in [0.25, 0.3) is 0 Å². The first-order valence-corrected chi connectivity index (χ1v) is 21.0. The number of phosphoric acid groups is 1. The van der Waals surface area contributed by atoms with Crippen LogP contribution in [0.15, 0.2) is 0 Å². The molecule has 3 atom stereocenters. The van der Waals surface area contributed by atoms with Gasteiger partial charge in [0.15, 0.2) is 0 Å². The first kappa shape index (κ1) is 46.5. The van der Waals surface area contributed by atoms with Crippen molar-refractivity contribution in [2.75, 3.05) is 33.0 Å². The van der Waals surface area contributed by atoms with Gasteiger partial charge in [-0.1, -0.05) is 168 Å². The highest BCUT2D eigenvalue weighted by atomic mass is 31.2. The highest BCUT2D eigenvalue weighted by Gasteiger charge is 2.26. The second-order valence-electron chi connectivity index (χ2n) is 13.3. The van der Waals surface area contributed by atoms with Crippen LogP contribution in [0.1, 0.15) is 187 Å². The highest BCUT2D eigenvalue weighted by molar-refractivity contribution is 7.47. The summed E-state index contributed by atoms with van der Waals surface area (Å²) in [5.74, 6) is -0.384. The van der Waals surface area contributed by atoms with Crippen LogP contribution in [0.5, 0.6) is 0 Å². The van der Waals surface area contributed by atoms with E-state index in [-0.39, 0.29) is 25.6 Å². The summed E-state index contributed by atoms with van der Waals surface area (Å²) in [5.41, 5.74) is 0. The van der Waals surface area contributed by atoms with Crippen molar-refractivity contribution in [1.82, 2.24) is 0 Å². The SMILES string of the molecule is CCCCCCCCCCCCCCCCCCCCOC[C@H](COP(=O)(O)OC[C@@H](O)CO)OC(=O)CCCCCCCCCC. The fourth-order valence-corrected chi connectivity index (χ4v) is 6.32. The molecular weight excluding hydrogens is 619 g/mol. The Bertz CT molecular complexity index is 709. The van der Waals surface area contributed by atoms with Crippen LogP contribution in [0, 0.1) is 0 Å². The third-order valence-corrected chi connectivity index (χ3v) is 9.49. The predicted octanol–water partition coefficient (Wildman–Crippen LogP) is 9.97. The maximum absolute atomic E-state index is 12.5. The third-order valence-electron chi connectivity index (χ3n) is 8.54. The Hall–Kier alpha value is -0.540. The normalized spacial score (nSPS) is 14.2. The Morgan fingerprint density at radius 2 is 0.957 bits per heavy atom. The maximum atomic E-state index is 12.5. The van der Waals surface area contributed by atoms with Crippen LogP contribution in [0.4, 0.5) is 0 Å². The molecule has 0 radical (unpaired) electrons. The zero-order valence-electron chi connectivity index (χ0n) is 30.5. The molecule has 0 rings (SSSR count). The lowest BCUT2D eigenvalue weighted by Crippen LogP contribution is -2.29. The van der Waals surface area contributed by atoms with Crippen molar-refractivity contribution >= 4 is 13.8 Å². The van der Waals surface area contributed by atoms with Crippen LogP contribution in [-0.2, 0) is 27.9 Å². The molecule has 282 valence electrons. The smallest absolute Gasteiger partial charge is 0.457 e.